The van der Waals surface area contributed by atoms with Crippen molar-refractivity contribution >= 4 is 23.2 Å². The molecule has 0 bridgehead atoms. The van der Waals surface area contributed by atoms with Gasteiger partial charge in [-0.05, 0) is 36.7 Å². The molecule has 0 aliphatic carbocycles. The molecule has 2 nitrogen and oxygen atoms in total. The van der Waals surface area contributed by atoms with Gasteiger partial charge in [-0.1, -0.05) is 36.2 Å². The van der Waals surface area contributed by atoms with Crippen LogP contribution in [-0.2, 0) is 6.42 Å². The topological polar surface area (TPSA) is 24.9 Å². The number of likely N-dealkylation sites (N-methyl/N-ethyl adjacent to an activating group) is 1. The molecule has 1 unspecified atom stereocenters. The van der Waals surface area contributed by atoms with Crippen LogP contribution in [0.3, 0.4) is 0 Å². The fourth-order valence-corrected chi connectivity index (χ4v) is 2.60. The van der Waals surface area contributed by atoms with E-state index in [1.165, 1.54) is 6.20 Å². The molecule has 0 fully saturated rings. The predicted octanol–water partition coefficient (Wildman–Crippen LogP) is 4.42. The van der Waals surface area contributed by atoms with E-state index >= 15 is 0 Å². The molecule has 0 spiro atoms. The molecule has 1 heterocycles. The molecule has 1 aromatic carbocycles. The van der Waals surface area contributed by atoms with Crippen LogP contribution < -0.4 is 5.32 Å². The van der Waals surface area contributed by atoms with Gasteiger partial charge in [-0.3, -0.25) is 4.98 Å². The van der Waals surface area contributed by atoms with Gasteiger partial charge in [0.2, 0.25) is 0 Å². The average Bonchev–Trinajstić information content (AvgIpc) is 2.42. The maximum atomic E-state index is 13.9. The largest absolute Gasteiger partial charge is 0.310 e. The molecule has 2 aromatic rings. The van der Waals surface area contributed by atoms with Crippen LogP contribution in [0.1, 0.15) is 24.1 Å². The molecule has 2 rings (SSSR count). The van der Waals surface area contributed by atoms with Gasteiger partial charge < -0.3 is 5.32 Å². The van der Waals surface area contributed by atoms with Gasteiger partial charge in [-0.25, -0.2) is 4.39 Å². The molecule has 1 atom stereocenters. The first-order valence-electron chi connectivity index (χ1n) is 6.38. The van der Waals surface area contributed by atoms with E-state index in [4.69, 9.17) is 23.2 Å². The Morgan fingerprint density at radius 3 is 2.75 bits per heavy atom. The Labute approximate surface area is 127 Å². The molecule has 1 aromatic heterocycles. The molecule has 0 amide bonds. The minimum atomic E-state index is -0.316. The maximum Gasteiger partial charge on any atom is 0.146 e. The molecule has 1 N–H and O–H groups in total. The van der Waals surface area contributed by atoms with Crippen LogP contribution >= 0.6 is 23.2 Å². The Kier molecular flexibility index (Phi) is 5.35. The summed E-state index contributed by atoms with van der Waals surface area (Å²) in [6.45, 7) is 2.72. The van der Waals surface area contributed by atoms with Crippen molar-refractivity contribution in [3.63, 3.8) is 0 Å². The summed E-state index contributed by atoms with van der Waals surface area (Å²) in [6, 6.07) is 6.89. The van der Waals surface area contributed by atoms with E-state index in [-0.39, 0.29) is 11.9 Å². The number of benzene rings is 1. The number of hydrogen-bond donors (Lipinski definition) is 1. The predicted molar refractivity (Wildman–Crippen MR) is 80.8 cm³/mol. The zero-order valence-electron chi connectivity index (χ0n) is 11.0. The highest BCUT2D eigenvalue weighted by Crippen LogP contribution is 2.27. The van der Waals surface area contributed by atoms with Crippen LogP contribution in [-0.4, -0.2) is 11.5 Å². The number of hydrogen-bond acceptors (Lipinski definition) is 2. The average molecular weight is 313 g/mol. The highest BCUT2D eigenvalue weighted by Gasteiger charge is 2.16. The number of nitrogens with zero attached hydrogens (tertiary/aromatic N) is 1. The van der Waals surface area contributed by atoms with E-state index in [0.29, 0.717) is 22.0 Å². The van der Waals surface area contributed by atoms with Crippen LogP contribution in [0.2, 0.25) is 10.0 Å². The lowest BCUT2D eigenvalue weighted by Crippen LogP contribution is -2.24. The third kappa shape index (κ3) is 3.69. The first-order chi connectivity index (χ1) is 9.61. The molecule has 20 heavy (non-hydrogen) atoms. The zero-order valence-corrected chi connectivity index (χ0v) is 12.5. The van der Waals surface area contributed by atoms with Crippen molar-refractivity contribution in [1.82, 2.24) is 10.3 Å². The summed E-state index contributed by atoms with van der Waals surface area (Å²) < 4.78 is 13.9. The van der Waals surface area contributed by atoms with Crippen LogP contribution in [0.15, 0.2) is 36.7 Å². The third-order valence-electron chi connectivity index (χ3n) is 3.07. The second kappa shape index (κ2) is 7.02. The molecule has 0 radical (unpaired) electrons. The van der Waals surface area contributed by atoms with Crippen LogP contribution in [0, 0.1) is 5.82 Å². The Bertz CT molecular complexity index is 590. The minimum Gasteiger partial charge on any atom is -0.310 e. The van der Waals surface area contributed by atoms with Gasteiger partial charge in [-0.15, -0.1) is 0 Å². The van der Waals surface area contributed by atoms with Crippen molar-refractivity contribution < 1.29 is 4.39 Å². The summed E-state index contributed by atoms with van der Waals surface area (Å²) in [5.41, 5.74) is 1.52. The lowest BCUT2D eigenvalue weighted by atomic mass is 9.99. The Morgan fingerprint density at radius 1 is 1.30 bits per heavy atom. The Morgan fingerprint density at radius 2 is 2.10 bits per heavy atom. The summed E-state index contributed by atoms with van der Waals surface area (Å²) in [4.78, 5) is 3.78. The van der Waals surface area contributed by atoms with Gasteiger partial charge in [0.1, 0.15) is 5.82 Å². The minimum absolute atomic E-state index is 0.151. The molecule has 106 valence electrons. The second-order valence-corrected chi connectivity index (χ2v) is 5.29. The Balaban J connectivity index is 2.28. The monoisotopic (exact) mass is 312 g/mol. The van der Waals surface area contributed by atoms with Gasteiger partial charge in [0.15, 0.2) is 0 Å². The molecule has 0 saturated carbocycles. The van der Waals surface area contributed by atoms with Gasteiger partial charge in [0, 0.05) is 27.8 Å². The van der Waals surface area contributed by atoms with Crippen molar-refractivity contribution in [3.8, 4) is 0 Å². The molecular weight excluding hydrogens is 298 g/mol. The molecular formula is C15H15Cl2FN2. The number of rotatable bonds is 5. The van der Waals surface area contributed by atoms with Gasteiger partial charge >= 0.3 is 0 Å². The summed E-state index contributed by atoms with van der Waals surface area (Å²) in [5.74, 6) is -0.316. The van der Waals surface area contributed by atoms with Gasteiger partial charge in [0.25, 0.3) is 0 Å². The van der Waals surface area contributed by atoms with E-state index in [0.717, 1.165) is 12.1 Å². The standard InChI is InChI=1S/C15H15Cl2FN2/c1-2-20-15(12-5-6-19-9-14(12)18)7-10-3-4-11(16)8-13(10)17/h3-6,8-9,15,20H,2,7H2,1H3. The number of pyridine rings is 1. The molecule has 0 aliphatic rings. The molecule has 0 aliphatic heterocycles. The SMILES string of the molecule is CCNC(Cc1ccc(Cl)cc1Cl)c1ccncc1F. The fraction of sp³-hybridized carbons (Fsp3) is 0.267. The smallest absolute Gasteiger partial charge is 0.146 e. The Hall–Kier alpha value is -1.16. The van der Waals surface area contributed by atoms with Crippen LogP contribution in [0.25, 0.3) is 0 Å². The summed E-state index contributed by atoms with van der Waals surface area (Å²) in [6.07, 6.45) is 3.40. The van der Waals surface area contributed by atoms with Crippen LogP contribution in [0.5, 0.6) is 0 Å². The van der Waals surface area contributed by atoms with E-state index in [1.807, 2.05) is 13.0 Å². The highest BCUT2D eigenvalue weighted by molar-refractivity contribution is 6.35. The quantitative estimate of drug-likeness (QED) is 0.884. The normalized spacial score (nSPS) is 12.4. The highest BCUT2D eigenvalue weighted by atomic mass is 35.5. The van der Waals surface area contributed by atoms with Crippen molar-refractivity contribution in [2.24, 2.45) is 0 Å². The summed E-state index contributed by atoms with van der Waals surface area (Å²) in [5, 5.41) is 4.45. The van der Waals surface area contributed by atoms with Crippen molar-refractivity contribution in [1.29, 1.82) is 0 Å². The number of nitrogens with one attached hydrogen (secondary N) is 1. The first-order valence-corrected chi connectivity index (χ1v) is 7.14. The lowest BCUT2D eigenvalue weighted by Gasteiger charge is -2.19. The van der Waals surface area contributed by atoms with Crippen LogP contribution in [0.4, 0.5) is 4.39 Å². The fourth-order valence-electron chi connectivity index (χ4n) is 2.11. The number of aromatic nitrogens is 1. The summed E-state index contributed by atoms with van der Waals surface area (Å²) >= 11 is 12.1. The van der Waals surface area contributed by atoms with Crippen molar-refractivity contribution in [3.05, 3.63) is 63.6 Å². The summed E-state index contributed by atoms with van der Waals surface area (Å²) in [7, 11) is 0. The lowest BCUT2D eigenvalue weighted by molar-refractivity contribution is 0.507. The maximum absolute atomic E-state index is 13.9. The van der Waals surface area contributed by atoms with E-state index in [2.05, 4.69) is 10.3 Å². The van der Waals surface area contributed by atoms with Gasteiger partial charge in [-0.2, -0.15) is 0 Å². The zero-order chi connectivity index (χ0) is 14.5. The van der Waals surface area contributed by atoms with Gasteiger partial charge in [0.05, 0.1) is 6.20 Å². The number of halogens is 3. The van der Waals surface area contributed by atoms with E-state index in [1.54, 1.807) is 24.4 Å². The molecule has 0 saturated heterocycles. The first kappa shape index (κ1) is 15.2. The van der Waals surface area contributed by atoms with Crippen molar-refractivity contribution in [2.45, 2.75) is 19.4 Å². The second-order valence-electron chi connectivity index (χ2n) is 4.45. The third-order valence-corrected chi connectivity index (χ3v) is 3.66. The molecule has 5 heteroatoms. The van der Waals surface area contributed by atoms with Crippen molar-refractivity contribution in [2.75, 3.05) is 6.54 Å². The van der Waals surface area contributed by atoms with E-state index < -0.39 is 0 Å². The van der Waals surface area contributed by atoms with E-state index in [9.17, 15) is 4.39 Å².